The summed E-state index contributed by atoms with van der Waals surface area (Å²) in [5.41, 5.74) is 1.17. The van der Waals surface area contributed by atoms with Crippen LogP contribution in [0.2, 0.25) is 0 Å². The van der Waals surface area contributed by atoms with E-state index in [4.69, 9.17) is 0 Å². The van der Waals surface area contributed by atoms with Gasteiger partial charge in [0, 0.05) is 16.2 Å². The molecule has 2 aromatic rings. The van der Waals surface area contributed by atoms with E-state index >= 15 is 0 Å². The molecule has 18 heavy (non-hydrogen) atoms. The van der Waals surface area contributed by atoms with E-state index in [1.165, 1.54) is 24.3 Å². The zero-order valence-electron chi connectivity index (χ0n) is 9.36. The Morgan fingerprint density at radius 2 is 2.00 bits per heavy atom. The van der Waals surface area contributed by atoms with Crippen LogP contribution >= 0.6 is 15.9 Å². The first-order valence-electron chi connectivity index (χ1n) is 5.29. The molecule has 0 radical (unpaired) electrons. The number of carbonyl (C=O) groups excluding carboxylic acids is 1. The number of pyridine rings is 1. The maximum Gasteiger partial charge on any atom is 0.251 e. The second kappa shape index (κ2) is 5.73. The molecule has 1 aromatic heterocycles. The molecule has 0 saturated heterocycles. The summed E-state index contributed by atoms with van der Waals surface area (Å²) in [6.45, 7) is 0.329. The van der Waals surface area contributed by atoms with Gasteiger partial charge in [0.2, 0.25) is 0 Å². The van der Waals surface area contributed by atoms with Crippen molar-refractivity contribution in [3.05, 3.63) is 64.1 Å². The van der Waals surface area contributed by atoms with Gasteiger partial charge in [0.1, 0.15) is 5.82 Å². The summed E-state index contributed by atoms with van der Waals surface area (Å²) < 4.78 is 13.6. The van der Waals surface area contributed by atoms with E-state index in [1.807, 2.05) is 12.1 Å². The molecule has 0 aliphatic heterocycles. The summed E-state index contributed by atoms with van der Waals surface area (Å²) >= 11 is 3.33. The topological polar surface area (TPSA) is 42.0 Å². The Hall–Kier alpha value is -1.75. The molecule has 2 rings (SSSR count). The van der Waals surface area contributed by atoms with Crippen molar-refractivity contribution in [1.82, 2.24) is 10.3 Å². The standard InChI is InChI=1S/C13H10BrFN2O/c14-10-5-6-16-12(7-10)8-17-13(18)9-1-3-11(15)4-2-9/h1-7H,8H2,(H,17,18). The molecule has 1 N–H and O–H groups in total. The number of nitrogens with one attached hydrogen (secondary N) is 1. The Bertz CT molecular complexity index is 557. The van der Waals surface area contributed by atoms with Gasteiger partial charge < -0.3 is 5.32 Å². The predicted molar refractivity (Wildman–Crippen MR) is 69.5 cm³/mol. The Labute approximate surface area is 112 Å². The predicted octanol–water partition coefficient (Wildman–Crippen LogP) is 2.91. The number of benzene rings is 1. The van der Waals surface area contributed by atoms with Crippen LogP contribution in [0.1, 0.15) is 16.1 Å². The number of nitrogens with zero attached hydrogens (tertiary/aromatic N) is 1. The van der Waals surface area contributed by atoms with Crippen LogP contribution in [0.5, 0.6) is 0 Å². The normalized spacial score (nSPS) is 10.1. The van der Waals surface area contributed by atoms with Gasteiger partial charge in [-0.1, -0.05) is 15.9 Å². The lowest BCUT2D eigenvalue weighted by Crippen LogP contribution is -2.23. The van der Waals surface area contributed by atoms with E-state index in [2.05, 4.69) is 26.2 Å². The number of hydrogen-bond donors (Lipinski definition) is 1. The fraction of sp³-hybridized carbons (Fsp3) is 0.0769. The highest BCUT2D eigenvalue weighted by Crippen LogP contribution is 2.09. The number of hydrogen-bond acceptors (Lipinski definition) is 2. The largest absolute Gasteiger partial charge is 0.346 e. The van der Waals surface area contributed by atoms with Gasteiger partial charge in [0.15, 0.2) is 0 Å². The molecule has 1 aromatic carbocycles. The van der Waals surface area contributed by atoms with Crippen LogP contribution < -0.4 is 5.32 Å². The van der Waals surface area contributed by atoms with Crippen molar-refractivity contribution >= 4 is 21.8 Å². The molecule has 0 fully saturated rings. The van der Waals surface area contributed by atoms with E-state index in [0.717, 1.165) is 10.2 Å². The highest BCUT2D eigenvalue weighted by Gasteiger charge is 2.05. The quantitative estimate of drug-likeness (QED) is 0.947. The molecule has 0 spiro atoms. The summed E-state index contributed by atoms with van der Waals surface area (Å²) in [7, 11) is 0. The van der Waals surface area contributed by atoms with Crippen LogP contribution in [0.15, 0.2) is 47.1 Å². The van der Waals surface area contributed by atoms with Crippen LogP contribution in [0.3, 0.4) is 0 Å². The third-order valence-corrected chi connectivity index (χ3v) is 2.81. The third kappa shape index (κ3) is 3.37. The van der Waals surface area contributed by atoms with Gasteiger partial charge in [-0.05, 0) is 36.4 Å². The average Bonchev–Trinajstić information content (AvgIpc) is 2.37. The SMILES string of the molecule is O=C(NCc1cc(Br)ccn1)c1ccc(F)cc1. The van der Waals surface area contributed by atoms with Gasteiger partial charge in [0.25, 0.3) is 5.91 Å². The zero-order chi connectivity index (χ0) is 13.0. The van der Waals surface area contributed by atoms with Crippen molar-refractivity contribution in [1.29, 1.82) is 0 Å². The molecule has 92 valence electrons. The lowest BCUT2D eigenvalue weighted by Gasteiger charge is -2.05. The third-order valence-electron chi connectivity index (χ3n) is 2.32. The molecule has 1 heterocycles. The average molecular weight is 309 g/mol. The molecule has 1 amide bonds. The summed E-state index contributed by atoms with van der Waals surface area (Å²) in [6.07, 6.45) is 1.66. The minimum Gasteiger partial charge on any atom is -0.346 e. The first-order valence-corrected chi connectivity index (χ1v) is 6.08. The Morgan fingerprint density at radius 3 is 2.67 bits per heavy atom. The smallest absolute Gasteiger partial charge is 0.251 e. The molecule has 3 nitrogen and oxygen atoms in total. The van der Waals surface area contributed by atoms with Gasteiger partial charge in [0.05, 0.1) is 12.2 Å². The fourth-order valence-electron chi connectivity index (χ4n) is 1.42. The highest BCUT2D eigenvalue weighted by atomic mass is 79.9. The van der Waals surface area contributed by atoms with Crippen LogP contribution in [-0.4, -0.2) is 10.9 Å². The van der Waals surface area contributed by atoms with Crippen molar-refractivity contribution in [2.24, 2.45) is 0 Å². The molecule has 0 unspecified atom stereocenters. The molecular weight excluding hydrogens is 299 g/mol. The van der Waals surface area contributed by atoms with Gasteiger partial charge in [-0.2, -0.15) is 0 Å². The van der Waals surface area contributed by atoms with Crippen molar-refractivity contribution in [3.63, 3.8) is 0 Å². The molecule has 0 saturated carbocycles. The van der Waals surface area contributed by atoms with Crippen LogP contribution in [0, 0.1) is 5.82 Å². The molecule has 0 atom stereocenters. The Kier molecular flexibility index (Phi) is 4.04. The second-order valence-electron chi connectivity index (χ2n) is 3.65. The van der Waals surface area contributed by atoms with Gasteiger partial charge in [-0.15, -0.1) is 0 Å². The maximum atomic E-state index is 12.7. The number of carbonyl (C=O) groups is 1. The lowest BCUT2D eigenvalue weighted by molar-refractivity contribution is 0.0950. The van der Waals surface area contributed by atoms with E-state index in [1.54, 1.807) is 6.20 Å². The fourth-order valence-corrected chi connectivity index (χ4v) is 1.80. The first kappa shape index (κ1) is 12.7. The van der Waals surface area contributed by atoms with E-state index in [0.29, 0.717) is 12.1 Å². The van der Waals surface area contributed by atoms with Crippen molar-refractivity contribution in [3.8, 4) is 0 Å². The number of amides is 1. The summed E-state index contributed by atoms with van der Waals surface area (Å²) in [6, 6.07) is 9.03. The van der Waals surface area contributed by atoms with Crippen molar-refractivity contribution in [2.45, 2.75) is 6.54 Å². The monoisotopic (exact) mass is 308 g/mol. The van der Waals surface area contributed by atoms with Gasteiger partial charge in [-0.3, -0.25) is 9.78 Å². The minimum absolute atomic E-state index is 0.253. The number of aromatic nitrogens is 1. The molecule has 0 aliphatic carbocycles. The molecular formula is C13H10BrFN2O. The summed E-state index contributed by atoms with van der Waals surface area (Å²) in [5.74, 6) is -0.614. The highest BCUT2D eigenvalue weighted by molar-refractivity contribution is 9.10. The van der Waals surface area contributed by atoms with Crippen LogP contribution in [0.25, 0.3) is 0 Å². The van der Waals surface area contributed by atoms with Crippen molar-refractivity contribution < 1.29 is 9.18 Å². The van der Waals surface area contributed by atoms with Crippen molar-refractivity contribution in [2.75, 3.05) is 0 Å². The summed E-state index contributed by atoms with van der Waals surface area (Å²) in [4.78, 5) is 15.9. The molecule has 5 heteroatoms. The molecule has 0 aliphatic rings. The second-order valence-corrected chi connectivity index (χ2v) is 4.57. The van der Waals surface area contributed by atoms with E-state index < -0.39 is 0 Å². The van der Waals surface area contributed by atoms with Gasteiger partial charge >= 0.3 is 0 Å². The zero-order valence-corrected chi connectivity index (χ0v) is 10.9. The lowest BCUT2D eigenvalue weighted by atomic mass is 10.2. The Balaban J connectivity index is 1.98. The van der Waals surface area contributed by atoms with Crippen LogP contribution in [0.4, 0.5) is 4.39 Å². The minimum atomic E-state index is -0.361. The maximum absolute atomic E-state index is 12.7. The molecule has 0 bridgehead atoms. The van der Waals surface area contributed by atoms with E-state index in [9.17, 15) is 9.18 Å². The summed E-state index contributed by atoms with van der Waals surface area (Å²) in [5, 5.41) is 2.72. The van der Waals surface area contributed by atoms with E-state index in [-0.39, 0.29) is 11.7 Å². The number of rotatable bonds is 3. The Morgan fingerprint density at radius 1 is 1.28 bits per heavy atom. The first-order chi connectivity index (χ1) is 8.65. The van der Waals surface area contributed by atoms with Gasteiger partial charge in [-0.25, -0.2) is 4.39 Å². The number of halogens is 2. The van der Waals surface area contributed by atoms with Crippen LogP contribution in [-0.2, 0) is 6.54 Å².